The van der Waals surface area contributed by atoms with E-state index in [0.717, 1.165) is 5.56 Å². The van der Waals surface area contributed by atoms with Crippen molar-refractivity contribution in [3.8, 4) is 0 Å². The molecule has 0 aliphatic carbocycles. The zero-order valence-electron chi connectivity index (χ0n) is 11.6. The van der Waals surface area contributed by atoms with E-state index in [0.29, 0.717) is 37.1 Å². The molecule has 0 aromatic heterocycles. The summed E-state index contributed by atoms with van der Waals surface area (Å²) in [6.45, 7) is 2.45. The number of nitrogens with one attached hydrogen (secondary N) is 2. The lowest BCUT2D eigenvalue weighted by atomic mass is 10.1. The van der Waals surface area contributed by atoms with Gasteiger partial charge in [0.15, 0.2) is 0 Å². The van der Waals surface area contributed by atoms with E-state index in [1.54, 1.807) is 12.1 Å². The van der Waals surface area contributed by atoms with Gasteiger partial charge < -0.3 is 5.32 Å². The molecule has 0 radical (unpaired) electrons. The lowest BCUT2D eigenvalue weighted by Gasteiger charge is -2.17. The van der Waals surface area contributed by atoms with Crippen molar-refractivity contribution in [1.29, 1.82) is 0 Å². The van der Waals surface area contributed by atoms with E-state index in [9.17, 15) is 13.2 Å². The summed E-state index contributed by atoms with van der Waals surface area (Å²) in [5.74, 6) is -0.0133. The summed E-state index contributed by atoms with van der Waals surface area (Å²) < 4.78 is 27.6. The first-order valence-corrected chi connectivity index (χ1v) is 8.38. The maximum absolute atomic E-state index is 12.5. The Bertz CT molecular complexity index is 584. The van der Waals surface area contributed by atoms with E-state index in [-0.39, 0.29) is 11.9 Å². The Morgan fingerprint density at radius 2 is 2.05 bits per heavy atom. The SMILES string of the molecule is CCc1ccccc1S(=O)(=O)N[C@@H]1CCNC(=O)CC1. The minimum atomic E-state index is -3.53. The summed E-state index contributed by atoms with van der Waals surface area (Å²) in [7, 11) is -3.53. The van der Waals surface area contributed by atoms with Crippen LogP contribution in [0.5, 0.6) is 0 Å². The normalized spacial score (nSPS) is 20.2. The molecule has 0 unspecified atom stereocenters. The predicted molar refractivity (Wildman–Crippen MR) is 76.8 cm³/mol. The number of rotatable bonds is 4. The third kappa shape index (κ3) is 3.58. The molecule has 1 amide bonds. The van der Waals surface area contributed by atoms with Crippen LogP contribution in [0.4, 0.5) is 0 Å². The quantitative estimate of drug-likeness (QED) is 0.876. The highest BCUT2D eigenvalue weighted by Crippen LogP contribution is 2.18. The van der Waals surface area contributed by atoms with E-state index in [4.69, 9.17) is 0 Å². The summed E-state index contributed by atoms with van der Waals surface area (Å²) in [5.41, 5.74) is 0.808. The average Bonchev–Trinajstić information content (AvgIpc) is 2.63. The number of carbonyl (C=O) groups excluding carboxylic acids is 1. The van der Waals surface area contributed by atoms with Crippen molar-refractivity contribution in [1.82, 2.24) is 10.0 Å². The fourth-order valence-corrected chi connectivity index (χ4v) is 4.00. The van der Waals surface area contributed by atoms with Crippen LogP contribution in [0.25, 0.3) is 0 Å². The fourth-order valence-electron chi connectivity index (χ4n) is 2.38. The minimum Gasteiger partial charge on any atom is -0.356 e. The highest BCUT2D eigenvalue weighted by molar-refractivity contribution is 7.89. The van der Waals surface area contributed by atoms with Gasteiger partial charge >= 0.3 is 0 Å². The van der Waals surface area contributed by atoms with E-state index in [1.807, 2.05) is 19.1 Å². The predicted octanol–water partition coefficient (Wildman–Crippen LogP) is 1.20. The van der Waals surface area contributed by atoms with Crippen molar-refractivity contribution < 1.29 is 13.2 Å². The van der Waals surface area contributed by atoms with E-state index >= 15 is 0 Å². The second-order valence-electron chi connectivity index (χ2n) is 4.96. The third-order valence-electron chi connectivity index (χ3n) is 3.50. The maximum atomic E-state index is 12.5. The molecule has 20 heavy (non-hydrogen) atoms. The van der Waals surface area contributed by atoms with Gasteiger partial charge in [0, 0.05) is 19.0 Å². The molecule has 1 aliphatic rings. The number of hydrogen-bond donors (Lipinski definition) is 2. The van der Waals surface area contributed by atoms with Gasteiger partial charge in [-0.1, -0.05) is 25.1 Å². The second kappa shape index (κ2) is 6.37. The summed E-state index contributed by atoms with van der Waals surface area (Å²) in [4.78, 5) is 11.6. The number of carbonyl (C=O) groups is 1. The molecule has 1 aromatic rings. The monoisotopic (exact) mass is 296 g/mol. The van der Waals surface area contributed by atoms with E-state index in [2.05, 4.69) is 10.0 Å². The van der Waals surface area contributed by atoms with Crippen molar-refractivity contribution in [3.05, 3.63) is 29.8 Å². The van der Waals surface area contributed by atoms with Crippen LogP contribution in [0, 0.1) is 0 Å². The Morgan fingerprint density at radius 3 is 2.80 bits per heavy atom. The number of sulfonamides is 1. The molecule has 2 N–H and O–H groups in total. The number of benzene rings is 1. The standard InChI is InChI=1S/C14H20N2O3S/c1-2-11-5-3-4-6-13(11)20(18,19)16-12-7-8-14(17)15-10-9-12/h3-6,12,16H,2,7-10H2,1H3,(H,15,17)/t12-/m0/s1. The van der Waals surface area contributed by atoms with Crippen LogP contribution in [0.2, 0.25) is 0 Å². The van der Waals surface area contributed by atoms with Gasteiger partial charge in [-0.15, -0.1) is 0 Å². The molecule has 1 fully saturated rings. The molecule has 2 rings (SSSR count). The lowest BCUT2D eigenvalue weighted by Crippen LogP contribution is -2.35. The molecule has 0 spiro atoms. The summed E-state index contributed by atoms with van der Waals surface area (Å²) >= 11 is 0. The van der Waals surface area contributed by atoms with Crippen LogP contribution in [0.1, 0.15) is 31.7 Å². The molecular weight excluding hydrogens is 276 g/mol. The zero-order valence-corrected chi connectivity index (χ0v) is 12.4. The Balaban J connectivity index is 2.16. The molecule has 6 heteroatoms. The Morgan fingerprint density at radius 1 is 1.30 bits per heavy atom. The molecule has 1 aromatic carbocycles. The summed E-state index contributed by atoms with van der Waals surface area (Å²) in [6, 6.07) is 6.83. The first-order valence-electron chi connectivity index (χ1n) is 6.90. The highest BCUT2D eigenvalue weighted by atomic mass is 32.2. The van der Waals surface area contributed by atoms with Crippen molar-refractivity contribution >= 4 is 15.9 Å². The van der Waals surface area contributed by atoms with Gasteiger partial charge in [-0.2, -0.15) is 0 Å². The molecule has 0 saturated carbocycles. The second-order valence-corrected chi connectivity index (χ2v) is 6.64. The molecule has 0 bridgehead atoms. The minimum absolute atomic E-state index is 0.0133. The van der Waals surface area contributed by atoms with E-state index in [1.165, 1.54) is 0 Å². The number of aryl methyl sites for hydroxylation is 1. The van der Waals surface area contributed by atoms with Crippen molar-refractivity contribution in [2.75, 3.05) is 6.54 Å². The Hall–Kier alpha value is -1.40. The maximum Gasteiger partial charge on any atom is 0.241 e. The molecule has 1 saturated heterocycles. The molecule has 1 heterocycles. The zero-order chi connectivity index (χ0) is 14.6. The van der Waals surface area contributed by atoms with E-state index < -0.39 is 10.0 Å². The van der Waals surface area contributed by atoms with Crippen molar-refractivity contribution in [2.24, 2.45) is 0 Å². The molecule has 5 nitrogen and oxygen atoms in total. The van der Waals surface area contributed by atoms with Gasteiger partial charge in [0.1, 0.15) is 0 Å². The molecular formula is C14H20N2O3S. The lowest BCUT2D eigenvalue weighted by molar-refractivity contribution is -0.120. The van der Waals surface area contributed by atoms with Gasteiger partial charge in [0.05, 0.1) is 4.90 Å². The van der Waals surface area contributed by atoms with Crippen molar-refractivity contribution in [3.63, 3.8) is 0 Å². The van der Waals surface area contributed by atoms with Gasteiger partial charge in [0.2, 0.25) is 15.9 Å². The first kappa shape index (κ1) is 15.0. The van der Waals surface area contributed by atoms with Crippen LogP contribution < -0.4 is 10.0 Å². The largest absolute Gasteiger partial charge is 0.356 e. The highest BCUT2D eigenvalue weighted by Gasteiger charge is 2.24. The fraction of sp³-hybridized carbons (Fsp3) is 0.500. The topological polar surface area (TPSA) is 75.3 Å². The summed E-state index contributed by atoms with van der Waals surface area (Å²) in [5, 5.41) is 2.75. The summed E-state index contributed by atoms with van der Waals surface area (Å²) in [6.07, 6.45) is 2.20. The average molecular weight is 296 g/mol. The van der Waals surface area contributed by atoms with Crippen LogP contribution in [0.3, 0.4) is 0 Å². The van der Waals surface area contributed by atoms with Crippen LogP contribution in [0.15, 0.2) is 29.2 Å². The smallest absolute Gasteiger partial charge is 0.241 e. The Kier molecular flexibility index (Phi) is 4.77. The number of amides is 1. The van der Waals surface area contributed by atoms with Gasteiger partial charge in [0.25, 0.3) is 0 Å². The van der Waals surface area contributed by atoms with Gasteiger partial charge in [-0.25, -0.2) is 13.1 Å². The first-order chi connectivity index (χ1) is 9.53. The van der Waals surface area contributed by atoms with Crippen LogP contribution in [-0.2, 0) is 21.2 Å². The van der Waals surface area contributed by atoms with Crippen molar-refractivity contribution in [2.45, 2.75) is 43.5 Å². The van der Waals surface area contributed by atoms with Crippen LogP contribution >= 0.6 is 0 Å². The molecule has 1 atom stereocenters. The molecule has 1 aliphatic heterocycles. The molecule has 110 valence electrons. The third-order valence-corrected chi connectivity index (χ3v) is 5.12. The van der Waals surface area contributed by atoms with Crippen LogP contribution in [-0.4, -0.2) is 26.9 Å². The van der Waals surface area contributed by atoms with Gasteiger partial charge in [-0.05, 0) is 30.9 Å². The Labute approximate surface area is 119 Å². The van der Waals surface area contributed by atoms with Gasteiger partial charge in [-0.3, -0.25) is 4.79 Å². The number of hydrogen-bond acceptors (Lipinski definition) is 3.